The predicted molar refractivity (Wildman–Crippen MR) is 81.8 cm³/mol. The maximum atomic E-state index is 13.6. The quantitative estimate of drug-likeness (QED) is 0.848. The van der Waals surface area contributed by atoms with Crippen molar-refractivity contribution in [1.29, 1.82) is 0 Å². The fourth-order valence-electron chi connectivity index (χ4n) is 2.17. The predicted octanol–water partition coefficient (Wildman–Crippen LogP) is 3.08. The van der Waals surface area contributed by atoms with Crippen LogP contribution in [0, 0.1) is 12.7 Å². The average molecular weight is 288 g/mol. The van der Waals surface area contributed by atoms with Gasteiger partial charge in [0.1, 0.15) is 5.82 Å². The number of benzene rings is 1. The van der Waals surface area contributed by atoms with Gasteiger partial charge in [0.2, 0.25) is 5.95 Å². The van der Waals surface area contributed by atoms with Gasteiger partial charge in [0.05, 0.1) is 11.4 Å². The van der Waals surface area contributed by atoms with E-state index in [1.807, 2.05) is 24.9 Å². The van der Waals surface area contributed by atoms with Crippen molar-refractivity contribution in [1.82, 2.24) is 15.2 Å². The molecule has 0 radical (unpaired) electrons. The van der Waals surface area contributed by atoms with Gasteiger partial charge in [0.25, 0.3) is 0 Å². The van der Waals surface area contributed by atoms with Crippen molar-refractivity contribution in [3.05, 3.63) is 46.5 Å². The summed E-state index contributed by atoms with van der Waals surface area (Å²) in [6, 6.07) is 5.26. The third-order valence-electron chi connectivity index (χ3n) is 3.50. The van der Waals surface area contributed by atoms with Crippen LogP contribution in [0.5, 0.6) is 0 Å². The van der Waals surface area contributed by atoms with E-state index in [0.717, 1.165) is 29.8 Å². The van der Waals surface area contributed by atoms with Gasteiger partial charge >= 0.3 is 0 Å². The summed E-state index contributed by atoms with van der Waals surface area (Å²) < 4.78 is 13.6. The molecule has 0 spiro atoms. The first kappa shape index (κ1) is 15.4. The standard InChI is InChI=1S/C16H21FN4/c1-5-14-15(6-2)19-20-16(18-14)21(4)10-12-8-7-11(3)13(17)9-12/h7-9H,5-6,10H2,1-4H3. The number of aryl methyl sites for hydroxylation is 3. The van der Waals surface area contributed by atoms with Crippen LogP contribution in [0.15, 0.2) is 18.2 Å². The van der Waals surface area contributed by atoms with E-state index in [-0.39, 0.29) is 5.82 Å². The molecule has 1 aromatic carbocycles. The molecular weight excluding hydrogens is 267 g/mol. The van der Waals surface area contributed by atoms with Gasteiger partial charge in [-0.15, -0.1) is 5.10 Å². The Hall–Kier alpha value is -2.04. The zero-order valence-electron chi connectivity index (χ0n) is 13.0. The Bertz CT molecular complexity index is 628. The van der Waals surface area contributed by atoms with Gasteiger partial charge in [-0.3, -0.25) is 0 Å². The molecule has 0 unspecified atom stereocenters. The van der Waals surface area contributed by atoms with Crippen molar-refractivity contribution < 1.29 is 4.39 Å². The second-order valence-corrected chi connectivity index (χ2v) is 5.15. The SMILES string of the molecule is CCc1nnc(N(C)Cc2ccc(C)c(F)c2)nc1CC. The molecule has 2 rings (SSSR count). The molecule has 1 heterocycles. The van der Waals surface area contributed by atoms with Crippen molar-refractivity contribution in [3.63, 3.8) is 0 Å². The lowest BCUT2D eigenvalue weighted by Crippen LogP contribution is -2.21. The molecule has 0 aliphatic heterocycles. The van der Waals surface area contributed by atoms with E-state index in [9.17, 15) is 4.39 Å². The van der Waals surface area contributed by atoms with Crippen LogP contribution in [0.4, 0.5) is 10.3 Å². The van der Waals surface area contributed by atoms with Gasteiger partial charge in [-0.05, 0) is 37.0 Å². The molecule has 0 aliphatic carbocycles. The monoisotopic (exact) mass is 288 g/mol. The molecule has 4 nitrogen and oxygen atoms in total. The molecule has 0 N–H and O–H groups in total. The maximum Gasteiger partial charge on any atom is 0.245 e. The van der Waals surface area contributed by atoms with Crippen LogP contribution < -0.4 is 4.90 Å². The Morgan fingerprint density at radius 2 is 1.81 bits per heavy atom. The summed E-state index contributed by atoms with van der Waals surface area (Å²) in [5, 5.41) is 8.40. The van der Waals surface area contributed by atoms with Crippen molar-refractivity contribution in [2.75, 3.05) is 11.9 Å². The van der Waals surface area contributed by atoms with Crippen LogP contribution in [-0.2, 0) is 19.4 Å². The van der Waals surface area contributed by atoms with E-state index in [2.05, 4.69) is 22.1 Å². The number of aromatic nitrogens is 3. The van der Waals surface area contributed by atoms with Crippen LogP contribution >= 0.6 is 0 Å². The zero-order chi connectivity index (χ0) is 15.4. The summed E-state index contributed by atoms with van der Waals surface area (Å²) in [7, 11) is 1.89. The second-order valence-electron chi connectivity index (χ2n) is 5.15. The van der Waals surface area contributed by atoms with Crippen LogP contribution in [0.1, 0.15) is 36.4 Å². The highest BCUT2D eigenvalue weighted by atomic mass is 19.1. The highest BCUT2D eigenvalue weighted by Gasteiger charge is 2.11. The molecule has 0 saturated carbocycles. The van der Waals surface area contributed by atoms with Gasteiger partial charge in [-0.1, -0.05) is 26.0 Å². The van der Waals surface area contributed by atoms with Crippen molar-refractivity contribution in [3.8, 4) is 0 Å². The molecule has 112 valence electrons. The first-order chi connectivity index (χ1) is 10.0. The first-order valence-corrected chi connectivity index (χ1v) is 7.23. The first-order valence-electron chi connectivity index (χ1n) is 7.23. The minimum absolute atomic E-state index is 0.185. The van der Waals surface area contributed by atoms with Crippen LogP contribution in [-0.4, -0.2) is 22.2 Å². The normalized spacial score (nSPS) is 10.7. The molecule has 0 bridgehead atoms. The highest BCUT2D eigenvalue weighted by molar-refractivity contribution is 5.33. The van der Waals surface area contributed by atoms with E-state index in [1.165, 1.54) is 0 Å². The van der Waals surface area contributed by atoms with E-state index in [0.29, 0.717) is 18.1 Å². The number of anilines is 1. The van der Waals surface area contributed by atoms with Gasteiger partial charge in [-0.25, -0.2) is 9.37 Å². The van der Waals surface area contributed by atoms with Crippen molar-refractivity contribution in [2.45, 2.75) is 40.2 Å². The van der Waals surface area contributed by atoms with Crippen LogP contribution in [0.25, 0.3) is 0 Å². The summed E-state index contributed by atoms with van der Waals surface area (Å²) in [6.07, 6.45) is 1.66. The molecule has 0 saturated heterocycles. The molecule has 0 aliphatic rings. The van der Waals surface area contributed by atoms with Gasteiger partial charge in [0.15, 0.2) is 0 Å². The molecule has 0 amide bonds. The fraction of sp³-hybridized carbons (Fsp3) is 0.438. The fourth-order valence-corrected chi connectivity index (χ4v) is 2.17. The number of halogens is 1. The van der Waals surface area contributed by atoms with E-state index in [1.54, 1.807) is 19.1 Å². The molecule has 1 aromatic heterocycles. The van der Waals surface area contributed by atoms with Crippen LogP contribution in [0.3, 0.4) is 0 Å². The largest absolute Gasteiger partial charge is 0.338 e. The minimum atomic E-state index is -0.185. The molecule has 2 aromatic rings. The van der Waals surface area contributed by atoms with E-state index in [4.69, 9.17) is 0 Å². The lowest BCUT2D eigenvalue weighted by atomic mass is 10.1. The third-order valence-corrected chi connectivity index (χ3v) is 3.50. The maximum absolute atomic E-state index is 13.6. The van der Waals surface area contributed by atoms with E-state index < -0.39 is 0 Å². The summed E-state index contributed by atoms with van der Waals surface area (Å²) in [5.74, 6) is 0.389. The van der Waals surface area contributed by atoms with Gasteiger partial charge in [-0.2, -0.15) is 5.10 Å². The van der Waals surface area contributed by atoms with Gasteiger partial charge in [0, 0.05) is 13.6 Å². The lowest BCUT2D eigenvalue weighted by molar-refractivity contribution is 0.615. The molecule has 5 heteroatoms. The Kier molecular flexibility index (Phi) is 4.83. The summed E-state index contributed by atoms with van der Waals surface area (Å²) in [4.78, 5) is 6.44. The second kappa shape index (κ2) is 6.61. The Morgan fingerprint density at radius 1 is 1.10 bits per heavy atom. The number of nitrogens with zero attached hydrogens (tertiary/aromatic N) is 4. The number of rotatable bonds is 5. The summed E-state index contributed by atoms with van der Waals surface area (Å²) >= 11 is 0. The third kappa shape index (κ3) is 3.54. The molecular formula is C16H21FN4. The topological polar surface area (TPSA) is 41.9 Å². The van der Waals surface area contributed by atoms with Crippen LogP contribution in [0.2, 0.25) is 0 Å². The zero-order valence-corrected chi connectivity index (χ0v) is 13.0. The van der Waals surface area contributed by atoms with Crippen molar-refractivity contribution >= 4 is 5.95 Å². The Morgan fingerprint density at radius 3 is 2.43 bits per heavy atom. The molecule has 21 heavy (non-hydrogen) atoms. The summed E-state index contributed by atoms with van der Waals surface area (Å²) in [5.41, 5.74) is 3.46. The lowest BCUT2D eigenvalue weighted by Gasteiger charge is -2.18. The smallest absolute Gasteiger partial charge is 0.245 e. The minimum Gasteiger partial charge on any atom is -0.338 e. The molecule has 0 fully saturated rings. The van der Waals surface area contributed by atoms with Crippen molar-refractivity contribution in [2.24, 2.45) is 0 Å². The average Bonchev–Trinajstić information content (AvgIpc) is 2.50. The Balaban J connectivity index is 2.19. The molecule has 0 atom stereocenters. The number of hydrogen-bond donors (Lipinski definition) is 0. The van der Waals surface area contributed by atoms with E-state index >= 15 is 0 Å². The number of hydrogen-bond acceptors (Lipinski definition) is 4. The summed E-state index contributed by atoms with van der Waals surface area (Å²) in [6.45, 7) is 6.41. The highest BCUT2D eigenvalue weighted by Crippen LogP contribution is 2.15. The van der Waals surface area contributed by atoms with Gasteiger partial charge < -0.3 is 4.90 Å². The Labute approximate surface area is 125 Å².